The molecule has 0 radical (unpaired) electrons. The number of carbonyl (C=O) groups excluding carboxylic acids is 2. The van der Waals surface area contributed by atoms with Crippen LogP contribution in [0, 0.1) is 39.2 Å². The maximum atomic E-state index is 12.9. The van der Waals surface area contributed by atoms with Crippen LogP contribution in [0.1, 0.15) is 12.8 Å². The molecule has 1 aromatic rings. The summed E-state index contributed by atoms with van der Waals surface area (Å²) in [6.45, 7) is 0. The quantitative estimate of drug-likeness (QED) is 0.363. The van der Waals surface area contributed by atoms with Gasteiger partial charge in [-0.1, -0.05) is 24.3 Å². The Morgan fingerprint density at radius 2 is 1.61 bits per heavy atom. The summed E-state index contributed by atoms with van der Waals surface area (Å²) in [6.07, 6.45) is 6.34. The van der Waals surface area contributed by atoms with Crippen molar-refractivity contribution in [3.05, 3.63) is 46.5 Å². The largest absolute Gasteiger partial charge is 0.293 e. The van der Waals surface area contributed by atoms with Crippen LogP contribution in [-0.2, 0) is 9.59 Å². The predicted molar refractivity (Wildman–Crippen MR) is 80.4 cm³/mol. The Bertz CT molecular complexity index is 777. The first-order valence-electron chi connectivity index (χ1n) is 7.86. The van der Waals surface area contributed by atoms with Crippen molar-refractivity contribution in [2.75, 3.05) is 4.90 Å². The number of hydrogen-bond acceptors (Lipinski definition) is 4. The van der Waals surface area contributed by atoms with E-state index in [-0.39, 0.29) is 52.3 Å². The van der Waals surface area contributed by atoms with E-state index in [4.69, 9.17) is 0 Å². The number of nitrogens with zero attached hydrogens (tertiary/aromatic N) is 2. The molecule has 1 saturated heterocycles. The van der Waals surface area contributed by atoms with Crippen LogP contribution in [0.5, 0.6) is 0 Å². The predicted octanol–water partition coefficient (Wildman–Crippen LogP) is 2.30. The highest BCUT2D eigenvalue weighted by Crippen LogP contribution is 2.73. The van der Waals surface area contributed by atoms with E-state index in [1.165, 1.54) is 18.2 Å². The van der Waals surface area contributed by atoms with E-state index in [1.54, 1.807) is 6.07 Å². The number of allylic oxidation sites excluding steroid dienone is 2. The SMILES string of the molecule is O=C1[C@@H]2[C@H](C(=O)N1c1ccccc1[N+](=O)[O-])[C@H]1C=C[C@@H]2C12CC2. The van der Waals surface area contributed by atoms with E-state index in [1.807, 2.05) is 0 Å². The van der Waals surface area contributed by atoms with Crippen molar-refractivity contribution in [3.63, 3.8) is 0 Å². The fourth-order valence-electron chi connectivity index (χ4n) is 5.12. The van der Waals surface area contributed by atoms with Gasteiger partial charge in [-0.15, -0.1) is 0 Å². The zero-order valence-corrected chi connectivity index (χ0v) is 12.2. The van der Waals surface area contributed by atoms with E-state index in [2.05, 4.69) is 12.2 Å². The first-order chi connectivity index (χ1) is 11.1. The third kappa shape index (κ3) is 1.35. The maximum absolute atomic E-state index is 12.9. The molecular formula is C17H14N2O4. The highest BCUT2D eigenvalue weighted by molar-refractivity contribution is 6.23. The lowest BCUT2D eigenvalue weighted by Gasteiger charge is -2.21. The Morgan fingerprint density at radius 3 is 2.13 bits per heavy atom. The Labute approximate surface area is 131 Å². The standard InChI is InChI=1S/C17H14N2O4/c20-15-13-9-5-6-10(17(9)7-8-17)14(13)16(21)18(15)11-3-1-2-4-12(11)19(22)23/h1-6,9-10,13-14H,7-8H2/t9-,10+,13-,14+. The topological polar surface area (TPSA) is 80.5 Å². The molecule has 1 heterocycles. The second kappa shape index (κ2) is 3.88. The number of hydrogen-bond donors (Lipinski definition) is 0. The fraction of sp³-hybridized carbons (Fsp3) is 0.412. The molecule has 2 saturated carbocycles. The van der Waals surface area contributed by atoms with Gasteiger partial charge in [0.1, 0.15) is 5.69 Å². The van der Waals surface area contributed by atoms with Gasteiger partial charge in [0.2, 0.25) is 11.8 Å². The molecule has 6 nitrogen and oxygen atoms in total. The van der Waals surface area contributed by atoms with Crippen LogP contribution in [0.25, 0.3) is 0 Å². The summed E-state index contributed by atoms with van der Waals surface area (Å²) in [5.41, 5.74) is 0.0387. The highest BCUT2D eigenvalue weighted by atomic mass is 16.6. The second-order valence-corrected chi connectivity index (χ2v) is 6.98. The summed E-state index contributed by atoms with van der Waals surface area (Å²) >= 11 is 0. The molecule has 1 aliphatic heterocycles. The Morgan fingerprint density at radius 1 is 1.04 bits per heavy atom. The molecule has 6 heteroatoms. The number of rotatable bonds is 2. The van der Waals surface area contributed by atoms with Crippen molar-refractivity contribution in [2.45, 2.75) is 12.8 Å². The van der Waals surface area contributed by atoms with Crippen molar-refractivity contribution in [3.8, 4) is 0 Å². The van der Waals surface area contributed by atoms with Crippen LogP contribution in [0.4, 0.5) is 11.4 Å². The van der Waals surface area contributed by atoms with Gasteiger partial charge < -0.3 is 0 Å². The van der Waals surface area contributed by atoms with Crippen LogP contribution in [0.15, 0.2) is 36.4 Å². The zero-order chi connectivity index (χ0) is 15.9. The molecule has 3 aliphatic carbocycles. The van der Waals surface area contributed by atoms with E-state index in [0.717, 1.165) is 17.7 Å². The van der Waals surface area contributed by atoms with Crippen LogP contribution in [0.2, 0.25) is 0 Å². The zero-order valence-electron chi connectivity index (χ0n) is 12.2. The molecule has 1 spiro atoms. The molecule has 2 bridgehead atoms. The van der Waals surface area contributed by atoms with Crippen molar-refractivity contribution >= 4 is 23.2 Å². The van der Waals surface area contributed by atoms with Gasteiger partial charge in [0.05, 0.1) is 16.8 Å². The molecule has 116 valence electrons. The molecular weight excluding hydrogens is 296 g/mol. The van der Waals surface area contributed by atoms with Gasteiger partial charge in [-0.25, -0.2) is 4.90 Å². The number of carbonyl (C=O) groups is 2. The van der Waals surface area contributed by atoms with Crippen molar-refractivity contribution in [2.24, 2.45) is 29.1 Å². The number of amides is 2. The van der Waals surface area contributed by atoms with Gasteiger partial charge in [0.15, 0.2) is 0 Å². The Hall–Kier alpha value is -2.50. The third-order valence-electron chi connectivity index (χ3n) is 6.17. The van der Waals surface area contributed by atoms with Crippen molar-refractivity contribution in [1.82, 2.24) is 0 Å². The first-order valence-corrected chi connectivity index (χ1v) is 7.86. The first kappa shape index (κ1) is 13.0. The van der Waals surface area contributed by atoms with E-state index >= 15 is 0 Å². The van der Waals surface area contributed by atoms with Gasteiger partial charge in [-0.05, 0) is 36.2 Å². The molecule has 0 unspecified atom stereocenters. The van der Waals surface area contributed by atoms with Gasteiger partial charge in [0.25, 0.3) is 5.69 Å². The van der Waals surface area contributed by atoms with Crippen LogP contribution in [-0.4, -0.2) is 16.7 Å². The summed E-state index contributed by atoms with van der Waals surface area (Å²) in [6, 6.07) is 5.97. The minimum atomic E-state index is -0.542. The van der Waals surface area contributed by atoms with E-state index < -0.39 is 4.92 Å². The van der Waals surface area contributed by atoms with Gasteiger partial charge in [-0.2, -0.15) is 0 Å². The summed E-state index contributed by atoms with van der Waals surface area (Å²) < 4.78 is 0. The number of anilines is 1. The lowest BCUT2D eigenvalue weighted by Crippen LogP contribution is -2.35. The molecule has 1 aromatic carbocycles. The number of para-hydroxylation sites is 2. The van der Waals surface area contributed by atoms with Crippen LogP contribution in [0.3, 0.4) is 0 Å². The van der Waals surface area contributed by atoms with E-state index in [0.29, 0.717) is 0 Å². The Balaban J connectivity index is 1.60. The summed E-state index contributed by atoms with van der Waals surface area (Å²) in [5, 5.41) is 11.2. The summed E-state index contributed by atoms with van der Waals surface area (Å²) in [5.74, 6) is -0.946. The lowest BCUT2D eigenvalue weighted by atomic mass is 9.85. The molecule has 4 aliphatic rings. The third-order valence-corrected chi connectivity index (χ3v) is 6.17. The monoisotopic (exact) mass is 310 g/mol. The molecule has 3 fully saturated rings. The molecule has 0 aromatic heterocycles. The fourth-order valence-corrected chi connectivity index (χ4v) is 5.12. The molecule has 5 rings (SSSR count). The average molecular weight is 310 g/mol. The molecule has 4 atom stereocenters. The molecule has 23 heavy (non-hydrogen) atoms. The Kier molecular flexibility index (Phi) is 2.19. The van der Waals surface area contributed by atoms with Crippen LogP contribution < -0.4 is 4.90 Å². The summed E-state index contributed by atoms with van der Waals surface area (Å²) in [4.78, 5) is 37.6. The highest BCUT2D eigenvalue weighted by Gasteiger charge is 2.73. The number of fused-ring (bicyclic) bond motifs is 3. The van der Waals surface area contributed by atoms with Crippen molar-refractivity contribution in [1.29, 1.82) is 0 Å². The molecule has 0 N–H and O–H groups in total. The van der Waals surface area contributed by atoms with Gasteiger partial charge in [0, 0.05) is 6.07 Å². The van der Waals surface area contributed by atoms with Crippen LogP contribution >= 0.6 is 0 Å². The number of nitro benzene ring substituents is 1. The normalized spacial score (nSPS) is 35.2. The number of benzene rings is 1. The minimum absolute atomic E-state index is 0.103. The van der Waals surface area contributed by atoms with Gasteiger partial charge >= 0.3 is 0 Å². The van der Waals surface area contributed by atoms with Gasteiger partial charge in [-0.3, -0.25) is 19.7 Å². The smallest absolute Gasteiger partial charge is 0.274 e. The van der Waals surface area contributed by atoms with E-state index in [9.17, 15) is 19.7 Å². The summed E-state index contributed by atoms with van der Waals surface area (Å²) in [7, 11) is 0. The minimum Gasteiger partial charge on any atom is -0.274 e. The molecule has 2 amide bonds. The second-order valence-electron chi connectivity index (χ2n) is 6.98. The lowest BCUT2D eigenvalue weighted by molar-refractivity contribution is -0.384. The number of imide groups is 1. The maximum Gasteiger partial charge on any atom is 0.293 e. The number of nitro groups is 1. The average Bonchev–Trinajstić information content (AvgIpc) is 3.13. The van der Waals surface area contributed by atoms with Crippen molar-refractivity contribution < 1.29 is 14.5 Å².